The molecule has 0 saturated heterocycles. The monoisotopic (exact) mass is 334 g/mol. The highest BCUT2D eigenvalue weighted by Crippen LogP contribution is 2.24. The van der Waals surface area contributed by atoms with Gasteiger partial charge < -0.3 is 9.09 Å². The van der Waals surface area contributed by atoms with Gasteiger partial charge in [-0.15, -0.1) is 0 Å². The zero-order valence-electron chi connectivity index (χ0n) is 8.16. The number of hydrogen-bond donors (Lipinski definition) is 0. The molecular weight excluding hydrogens is 328 g/mol. The first kappa shape index (κ1) is 10.8. The van der Waals surface area contributed by atoms with Crippen molar-refractivity contribution in [3.63, 3.8) is 0 Å². The van der Waals surface area contributed by atoms with E-state index in [-0.39, 0.29) is 0 Å². The van der Waals surface area contributed by atoms with Crippen LogP contribution in [0.25, 0.3) is 0 Å². The van der Waals surface area contributed by atoms with Crippen molar-refractivity contribution in [3.8, 4) is 0 Å². The number of rotatable bonds is 2. The molecule has 0 unspecified atom stereocenters. The van der Waals surface area contributed by atoms with Crippen molar-refractivity contribution in [2.75, 3.05) is 0 Å². The molecule has 2 aromatic heterocycles. The molecule has 2 aromatic rings. The molecule has 0 N–H and O–H groups in total. The number of hydrogen-bond acceptors (Lipinski definition) is 4. The van der Waals surface area contributed by atoms with E-state index in [0.29, 0.717) is 18.3 Å². The summed E-state index contributed by atoms with van der Waals surface area (Å²) < 4.78 is 8.63. The molecule has 80 valence electrons. The predicted molar refractivity (Wildman–Crippen MR) is 60.5 cm³/mol. The van der Waals surface area contributed by atoms with E-state index in [0.717, 1.165) is 15.0 Å². The summed E-state index contributed by atoms with van der Waals surface area (Å²) in [6.45, 7) is 4.23. The fourth-order valence-electron chi connectivity index (χ4n) is 1.23. The first-order chi connectivity index (χ1) is 7.08. The van der Waals surface area contributed by atoms with Crippen molar-refractivity contribution in [2.24, 2.45) is 0 Å². The second kappa shape index (κ2) is 4.05. The Labute approximate surface area is 103 Å². The molecule has 15 heavy (non-hydrogen) atoms. The van der Waals surface area contributed by atoms with Crippen LogP contribution in [0, 0.1) is 13.8 Å². The molecule has 0 aliphatic carbocycles. The maximum Gasteiger partial charge on any atom is 0.246 e. The van der Waals surface area contributed by atoms with Gasteiger partial charge in [-0.25, -0.2) is 4.98 Å². The first-order valence-corrected chi connectivity index (χ1v) is 5.84. The molecule has 7 heteroatoms. The molecule has 5 nitrogen and oxygen atoms in total. The van der Waals surface area contributed by atoms with Gasteiger partial charge in [0.25, 0.3) is 0 Å². The Hall–Kier alpha value is -0.690. The number of aryl methyl sites for hydroxylation is 2. The molecule has 0 fully saturated rings. The van der Waals surface area contributed by atoms with Crippen LogP contribution in [0.4, 0.5) is 0 Å². The summed E-state index contributed by atoms with van der Waals surface area (Å²) in [6.07, 6.45) is 0. The van der Waals surface area contributed by atoms with Crippen molar-refractivity contribution in [1.29, 1.82) is 0 Å². The Balaban J connectivity index is 2.31. The number of aromatic nitrogens is 4. The molecule has 2 rings (SSSR count). The molecule has 0 aliphatic heterocycles. The van der Waals surface area contributed by atoms with Crippen LogP contribution < -0.4 is 0 Å². The van der Waals surface area contributed by atoms with E-state index in [1.165, 1.54) is 0 Å². The van der Waals surface area contributed by atoms with Crippen LogP contribution in [0.3, 0.4) is 0 Å². The zero-order valence-corrected chi connectivity index (χ0v) is 11.3. The SMILES string of the molecule is Cc1noc(Cn2c(C)nc(Br)c2Br)n1. The average Bonchev–Trinajstić information content (AvgIpc) is 2.67. The molecule has 0 radical (unpaired) electrons. The molecule has 0 spiro atoms. The normalized spacial score (nSPS) is 10.9. The average molecular weight is 336 g/mol. The topological polar surface area (TPSA) is 56.7 Å². The summed E-state index contributed by atoms with van der Waals surface area (Å²) in [5, 5.41) is 3.73. The number of halogens is 2. The minimum absolute atomic E-state index is 0.520. The van der Waals surface area contributed by atoms with Gasteiger partial charge >= 0.3 is 0 Å². The lowest BCUT2D eigenvalue weighted by Gasteiger charge is -2.01. The lowest BCUT2D eigenvalue weighted by atomic mass is 10.5. The van der Waals surface area contributed by atoms with Gasteiger partial charge in [0.15, 0.2) is 5.82 Å². The minimum Gasteiger partial charge on any atom is -0.337 e. The van der Waals surface area contributed by atoms with E-state index in [4.69, 9.17) is 4.52 Å². The van der Waals surface area contributed by atoms with Crippen molar-refractivity contribution >= 4 is 31.9 Å². The summed E-state index contributed by atoms with van der Waals surface area (Å²) in [7, 11) is 0. The van der Waals surface area contributed by atoms with Gasteiger partial charge in [0.1, 0.15) is 21.6 Å². The standard InChI is InChI=1S/C8H8Br2N4O/c1-4-11-6(15-13-4)3-14-5(2)12-7(9)8(14)10/h3H2,1-2H3. The zero-order chi connectivity index (χ0) is 11.0. The van der Waals surface area contributed by atoms with Crippen molar-refractivity contribution in [2.45, 2.75) is 20.4 Å². The van der Waals surface area contributed by atoms with Crippen LogP contribution in [0.1, 0.15) is 17.5 Å². The Morgan fingerprint density at radius 1 is 1.27 bits per heavy atom. The molecule has 0 amide bonds. The fraction of sp³-hybridized carbons (Fsp3) is 0.375. The molecular formula is C8H8Br2N4O. The highest BCUT2D eigenvalue weighted by molar-refractivity contribution is 9.13. The van der Waals surface area contributed by atoms with Gasteiger partial charge in [0.05, 0.1) is 0 Å². The Bertz CT molecular complexity index is 491. The number of imidazole rings is 1. The third kappa shape index (κ3) is 2.12. The van der Waals surface area contributed by atoms with E-state index >= 15 is 0 Å². The summed E-state index contributed by atoms with van der Waals surface area (Å²) in [5.74, 6) is 2.09. The van der Waals surface area contributed by atoms with Crippen molar-refractivity contribution in [3.05, 3.63) is 26.7 Å². The van der Waals surface area contributed by atoms with Gasteiger partial charge in [-0.3, -0.25) is 0 Å². The summed E-state index contributed by atoms with van der Waals surface area (Å²) in [5.41, 5.74) is 0. The van der Waals surface area contributed by atoms with Crippen LogP contribution in [0.2, 0.25) is 0 Å². The highest BCUT2D eigenvalue weighted by Gasteiger charge is 2.12. The van der Waals surface area contributed by atoms with Crippen LogP contribution in [-0.4, -0.2) is 19.7 Å². The summed E-state index contributed by atoms with van der Waals surface area (Å²) in [6, 6.07) is 0. The van der Waals surface area contributed by atoms with Crippen LogP contribution in [0.5, 0.6) is 0 Å². The minimum atomic E-state index is 0.520. The number of nitrogens with zero attached hydrogens (tertiary/aromatic N) is 4. The van der Waals surface area contributed by atoms with Crippen molar-refractivity contribution < 1.29 is 4.52 Å². The van der Waals surface area contributed by atoms with Crippen LogP contribution in [0.15, 0.2) is 13.7 Å². The van der Waals surface area contributed by atoms with Crippen LogP contribution >= 0.6 is 31.9 Å². The van der Waals surface area contributed by atoms with E-state index < -0.39 is 0 Å². The van der Waals surface area contributed by atoms with Crippen LogP contribution in [-0.2, 0) is 6.54 Å². The molecule has 0 saturated carbocycles. The third-order valence-electron chi connectivity index (χ3n) is 1.92. The second-order valence-corrected chi connectivity index (χ2v) is 4.56. The lowest BCUT2D eigenvalue weighted by molar-refractivity contribution is 0.366. The quantitative estimate of drug-likeness (QED) is 0.845. The van der Waals surface area contributed by atoms with Gasteiger partial charge in [-0.2, -0.15) is 4.98 Å². The smallest absolute Gasteiger partial charge is 0.246 e. The third-order valence-corrected chi connectivity index (χ3v) is 3.81. The first-order valence-electron chi connectivity index (χ1n) is 4.25. The van der Waals surface area contributed by atoms with Gasteiger partial charge in [-0.1, -0.05) is 5.16 Å². The molecule has 0 aromatic carbocycles. The lowest BCUT2D eigenvalue weighted by Crippen LogP contribution is -2.02. The molecule has 0 atom stereocenters. The second-order valence-electron chi connectivity index (χ2n) is 3.06. The summed E-state index contributed by atoms with van der Waals surface area (Å²) >= 11 is 6.77. The highest BCUT2D eigenvalue weighted by atomic mass is 79.9. The van der Waals surface area contributed by atoms with E-state index in [9.17, 15) is 0 Å². The summed E-state index contributed by atoms with van der Waals surface area (Å²) in [4.78, 5) is 8.39. The molecule has 0 aliphatic rings. The van der Waals surface area contributed by atoms with Gasteiger partial charge in [0, 0.05) is 0 Å². The predicted octanol–water partition coefficient (Wildman–Crippen LogP) is 2.46. The maximum absolute atomic E-state index is 5.04. The van der Waals surface area contributed by atoms with Gasteiger partial charge in [0.2, 0.25) is 5.89 Å². The van der Waals surface area contributed by atoms with E-state index in [2.05, 4.69) is 47.0 Å². The Kier molecular flexibility index (Phi) is 2.92. The van der Waals surface area contributed by atoms with E-state index in [1.54, 1.807) is 6.92 Å². The Morgan fingerprint density at radius 2 is 2.00 bits per heavy atom. The maximum atomic E-state index is 5.04. The fourth-order valence-corrected chi connectivity index (χ4v) is 2.17. The van der Waals surface area contributed by atoms with Crippen molar-refractivity contribution in [1.82, 2.24) is 19.7 Å². The molecule has 0 bridgehead atoms. The Morgan fingerprint density at radius 3 is 2.47 bits per heavy atom. The van der Waals surface area contributed by atoms with Gasteiger partial charge in [-0.05, 0) is 45.7 Å². The van der Waals surface area contributed by atoms with E-state index in [1.807, 2.05) is 11.5 Å². The molecule has 2 heterocycles. The largest absolute Gasteiger partial charge is 0.337 e.